The van der Waals surface area contributed by atoms with E-state index in [1.807, 2.05) is 26.2 Å². The first-order valence-corrected chi connectivity index (χ1v) is 9.92. The van der Waals surface area contributed by atoms with Gasteiger partial charge in [-0.25, -0.2) is 9.97 Å². The molecule has 0 fully saturated rings. The fourth-order valence-corrected chi connectivity index (χ4v) is 3.46. The van der Waals surface area contributed by atoms with Crippen molar-refractivity contribution in [2.45, 2.75) is 37.7 Å². The predicted molar refractivity (Wildman–Crippen MR) is 106 cm³/mol. The van der Waals surface area contributed by atoms with Gasteiger partial charge in [-0.15, -0.1) is 16.9 Å². The third-order valence-corrected chi connectivity index (χ3v) is 5.10. The number of carbonyl (C=O) groups excluding carboxylic acids is 1. The largest absolute Gasteiger partial charge is 0.373 e. The van der Waals surface area contributed by atoms with Crippen LogP contribution in [0.3, 0.4) is 0 Å². The minimum Gasteiger partial charge on any atom is -0.373 e. The SMILES string of the molecule is CCC(OC)c1nc(CC(N)=O)nn1-c1cc(C)c2ccc(SC)cc2n1. The number of fused-ring (bicyclic) bond motifs is 1. The maximum absolute atomic E-state index is 11.3. The van der Waals surface area contributed by atoms with Crippen LogP contribution in [0.15, 0.2) is 29.2 Å². The number of benzene rings is 1. The highest BCUT2D eigenvalue weighted by atomic mass is 32.2. The molecule has 1 amide bonds. The van der Waals surface area contributed by atoms with Crippen LogP contribution in [0.4, 0.5) is 0 Å². The molecule has 1 unspecified atom stereocenters. The van der Waals surface area contributed by atoms with E-state index in [1.165, 1.54) is 0 Å². The lowest BCUT2D eigenvalue weighted by molar-refractivity contribution is -0.117. The minimum absolute atomic E-state index is 0.0245. The van der Waals surface area contributed by atoms with Gasteiger partial charge in [0.1, 0.15) is 6.10 Å². The molecule has 8 heteroatoms. The molecular formula is C19H23N5O2S. The van der Waals surface area contributed by atoms with E-state index in [1.54, 1.807) is 23.6 Å². The van der Waals surface area contributed by atoms with E-state index < -0.39 is 5.91 Å². The molecule has 1 aromatic carbocycles. The first-order valence-electron chi connectivity index (χ1n) is 8.69. The van der Waals surface area contributed by atoms with E-state index in [9.17, 15) is 4.79 Å². The van der Waals surface area contributed by atoms with Gasteiger partial charge in [0, 0.05) is 17.4 Å². The lowest BCUT2D eigenvalue weighted by Crippen LogP contribution is -2.14. The first kappa shape index (κ1) is 19.3. The molecule has 0 aliphatic rings. The van der Waals surface area contributed by atoms with Crippen LogP contribution in [0, 0.1) is 6.92 Å². The molecule has 0 aliphatic heterocycles. The summed E-state index contributed by atoms with van der Waals surface area (Å²) in [5.41, 5.74) is 7.29. The molecule has 2 aromatic heterocycles. The lowest BCUT2D eigenvalue weighted by Gasteiger charge is -2.14. The van der Waals surface area contributed by atoms with Gasteiger partial charge in [-0.2, -0.15) is 4.68 Å². The molecule has 0 aliphatic carbocycles. The summed E-state index contributed by atoms with van der Waals surface area (Å²) in [6.45, 7) is 4.05. The molecule has 1 atom stereocenters. The fraction of sp³-hybridized carbons (Fsp3) is 0.368. The van der Waals surface area contributed by atoms with Crippen molar-refractivity contribution in [2.24, 2.45) is 5.73 Å². The van der Waals surface area contributed by atoms with Gasteiger partial charge in [0.05, 0.1) is 11.9 Å². The summed E-state index contributed by atoms with van der Waals surface area (Å²) in [6.07, 6.45) is 2.47. The Balaban J connectivity index is 2.18. The summed E-state index contributed by atoms with van der Waals surface area (Å²) in [5, 5.41) is 5.58. The normalized spacial score (nSPS) is 12.4. The Bertz CT molecular complexity index is 982. The molecule has 0 saturated heterocycles. The molecule has 7 nitrogen and oxygen atoms in total. The first-order chi connectivity index (χ1) is 13.0. The second kappa shape index (κ2) is 8.06. The topological polar surface area (TPSA) is 95.9 Å². The van der Waals surface area contributed by atoms with Gasteiger partial charge < -0.3 is 10.5 Å². The van der Waals surface area contributed by atoms with Crippen molar-refractivity contribution in [2.75, 3.05) is 13.4 Å². The number of ether oxygens (including phenoxy) is 1. The van der Waals surface area contributed by atoms with E-state index in [2.05, 4.69) is 28.3 Å². The number of carbonyl (C=O) groups is 1. The second-order valence-electron chi connectivity index (χ2n) is 6.25. The second-order valence-corrected chi connectivity index (χ2v) is 7.13. The Morgan fingerprint density at radius 1 is 1.33 bits per heavy atom. The third-order valence-electron chi connectivity index (χ3n) is 4.38. The Morgan fingerprint density at radius 2 is 2.11 bits per heavy atom. The van der Waals surface area contributed by atoms with Crippen LogP contribution in [0.2, 0.25) is 0 Å². The molecule has 2 N–H and O–H groups in total. The van der Waals surface area contributed by atoms with Crippen molar-refractivity contribution in [3.05, 3.63) is 41.5 Å². The number of aryl methyl sites for hydroxylation is 1. The van der Waals surface area contributed by atoms with Crippen LogP contribution < -0.4 is 5.73 Å². The summed E-state index contributed by atoms with van der Waals surface area (Å²) in [4.78, 5) is 21.7. The molecule has 0 spiro atoms. The maximum atomic E-state index is 11.3. The van der Waals surface area contributed by atoms with Crippen LogP contribution in [0.1, 0.15) is 36.7 Å². The van der Waals surface area contributed by atoms with Gasteiger partial charge in [-0.1, -0.05) is 13.0 Å². The lowest BCUT2D eigenvalue weighted by atomic mass is 10.1. The van der Waals surface area contributed by atoms with E-state index in [-0.39, 0.29) is 12.5 Å². The highest BCUT2D eigenvalue weighted by molar-refractivity contribution is 7.98. The molecule has 0 radical (unpaired) electrons. The summed E-state index contributed by atoms with van der Waals surface area (Å²) in [6, 6.07) is 8.20. The molecule has 27 heavy (non-hydrogen) atoms. The molecule has 142 valence electrons. The number of thioether (sulfide) groups is 1. The van der Waals surface area contributed by atoms with Gasteiger partial charge in [0.2, 0.25) is 5.91 Å². The van der Waals surface area contributed by atoms with Crippen LogP contribution in [0.5, 0.6) is 0 Å². The average molecular weight is 385 g/mol. The molecule has 3 aromatic rings. The number of nitrogens with two attached hydrogens (primary N) is 1. The predicted octanol–water partition coefficient (Wildman–Crippen LogP) is 2.97. The molecule has 0 saturated carbocycles. The quantitative estimate of drug-likeness (QED) is 0.628. The summed E-state index contributed by atoms with van der Waals surface area (Å²) >= 11 is 1.67. The molecule has 0 bridgehead atoms. The standard InChI is InChI=1S/C19H23N5O2S/c1-5-15(26-3)19-22-17(10-16(20)25)23-24(19)18-8-11(2)13-7-6-12(27-4)9-14(13)21-18/h6-9,15H,5,10H2,1-4H3,(H2,20,25). The number of hydrogen-bond acceptors (Lipinski definition) is 6. The number of rotatable bonds is 7. The van der Waals surface area contributed by atoms with Crippen LogP contribution in [-0.4, -0.2) is 39.0 Å². The zero-order valence-electron chi connectivity index (χ0n) is 15.9. The number of primary amides is 1. The Morgan fingerprint density at radius 3 is 2.74 bits per heavy atom. The van der Waals surface area contributed by atoms with E-state index in [0.29, 0.717) is 23.9 Å². The van der Waals surface area contributed by atoms with Crippen molar-refractivity contribution in [1.82, 2.24) is 19.7 Å². The Kier molecular flexibility index (Phi) is 5.76. The smallest absolute Gasteiger partial charge is 0.225 e. The van der Waals surface area contributed by atoms with Gasteiger partial charge in [-0.05, 0) is 43.4 Å². The minimum atomic E-state index is -0.476. The molecule has 3 rings (SSSR count). The van der Waals surface area contributed by atoms with Crippen molar-refractivity contribution in [3.63, 3.8) is 0 Å². The Labute approximate surface area is 162 Å². The Hall–Kier alpha value is -2.45. The van der Waals surface area contributed by atoms with Crippen molar-refractivity contribution < 1.29 is 9.53 Å². The summed E-state index contributed by atoms with van der Waals surface area (Å²) in [7, 11) is 1.63. The van der Waals surface area contributed by atoms with Crippen LogP contribution in [0.25, 0.3) is 16.7 Å². The summed E-state index contributed by atoms with van der Waals surface area (Å²) in [5.74, 6) is 1.15. The third kappa shape index (κ3) is 3.96. The van der Waals surface area contributed by atoms with Crippen molar-refractivity contribution in [1.29, 1.82) is 0 Å². The number of hydrogen-bond donors (Lipinski definition) is 1. The number of aromatic nitrogens is 4. The van der Waals surface area contributed by atoms with E-state index >= 15 is 0 Å². The van der Waals surface area contributed by atoms with Gasteiger partial charge in [-0.3, -0.25) is 4.79 Å². The number of pyridine rings is 1. The maximum Gasteiger partial charge on any atom is 0.225 e. The van der Waals surface area contributed by atoms with Gasteiger partial charge >= 0.3 is 0 Å². The van der Waals surface area contributed by atoms with E-state index in [4.69, 9.17) is 15.5 Å². The number of nitrogens with zero attached hydrogens (tertiary/aromatic N) is 4. The zero-order valence-corrected chi connectivity index (χ0v) is 16.7. The van der Waals surface area contributed by atoms with Gasteiger partial charge in [0.25, 0.3) is 0 Å². The monoisotopic (exact) mass is 385 g/mol. The fourth-order valence-electron chi connectivity index (χ4n) is 3.03. The van der Waals surface area contributed by atoms with E-state index in [0.717, 1.165) is 21.4 Å². The summed E-state index contributed by atoms with van der Waals surface area (Å²) < 4.78 is 7.21. The van der Waals surface area contributed by atoms with Crippen LogP contribution in [-0.2, 0) is 16.0 Å². The average Bonchev–Trinajstić information content (AvgIpc) is 3.05. The zero-order chi connectivity index (χ0) is 19.6. The van der Waals surface area contributed by atoms with Crippen molar-refractivity contribution in [3.8, 4) is 5.82 Å². The number of amides is 1. The van der Waals surface area contributed by atoms with Crippen molar-refractivity contribution >= 4 is 28.6 Å². The van der Waals surface area contributed by atoms with Gasteiger partial charge in [0.15, 0.2) is 17.5 Å². The molecule has 2 heterocycles. The van der Waals surface area contributed by atoms with Crippen LogP contribution >= 0.6 is 11.8 Å². The number of methoxy groups -OCH3 is 1. The highest BCUT2D eigenvalue weighted by Gasteiger charge is 2.21. The molecular weight excluding hydrogens is 362 g/mol. The highest BCUT2D eigenvalue weighted by Crippen LogP contribution is 2.27.